The zero-order chi connectivity index (χ0) is 77.2. The van der Waals surface area contributed by atoms with Crippen LogP contribution in [0.2, 0.25) is 0 Å². The predicted molar refractivity (Wildman–Crippen MR) is 432 cm³/mol. The number of unbranched alkanes of at least 4 members (excludes halogenated alkanes) is 52. The second kappa shape index (κ2) is 76.1. The molecule has 0 aliphatic heterocycles. The molecule has 0 saturated carbocycles. The summed E-state index contributed by atoms with van der Waals surface area (Å²) in [7, 11) is -9.93. The minimum atomic E-state index is -4.97. The lowest BCUT2D eigenvalue weighted by Gasteiger charge is -2.21. The number of esters is 4. The third-order valence-corrected chi connectivity index (χ3v) is 22.0. The number of aliphatic hydroxyl groups excluding tert-OH is 1. The van der Waals surface area contributed by atoms with E-state index in [4.69, 9.17) is 37.0 Å². The van der Waals surface area contributed by atoms with E-state index in [1.54, 1.807) is 0 Å². The molecule has 624 valence electrons. The van der Waals surface area contributed by atoms with E-state index >= 15 is 0 Å². The van der Waals surface area contributed by atoms with Gasteiger partial charge >= 0.3 is 39.5 Å². The minimum Gasteiger partial charge on any atom is -0.462 e. The SMILES string of the molecule is CCCCCCCCCCCCCCCC(=O)O[C@H](COC(=O)CCCCCCCCCC(C)C)COP(=O)(O)OC[C@H](O)COP(=O)(O)OC[C@@H](COC(=O)CCCCCCCCCCCCCCCCCCCCC(C)C)OC(=O)CCCCCCCCCCCCCCCCCCCCC(C)C. The topological polar surface area (TPSA) is 237 Å². The first-order valence-electron chi connectivity index (χ1n) is 44.3. The molecule has 5 atom stereocenters. The molecule has 0 aromatic carbocycles. The molecule has 0 aliphatic rings. The quantitative estimate of drug-likeness (QED) is 0.0222. The van der Waals surface area contributed by atoms with Gasteiger partial charge in [-0.3, -0.25) is 37.3 Å². The van der Waals surface area contributed by atoms with Gasteiger partial charge in [-0.15, -0.1) is 0 Å². The Kier molecular flexibility index (Phi) is 74.7. The Bertz CT molecular complexity index is 2030. The Labute approximate surface area is 645 Å². The molecule has 0 bridgehead atoms. The second-order valence-electron chi connectivity index (χ2n) is 32.4. The highest BCUT2D eigenvalue weighted by Crippen LogP contribution is 2.45. The molecular formula is C86H168O17P2. The fraction of sp³-hybridized carbons (Fsp3) is 0.953. The summed E-state index contributed by atoms with van der Waals surface area (Å²) < 4.78 is 68.8. The molecule has 17 nitrogen and oxygen atoms in total. The van der Waals surface area contributed by atoms with Crippen molar-refractivity contribution >= 4 is 39.5 Å². The maximum Gasteiger partial charge on any atom is 0.472 e. The van der Waals surface area contributed by atoms with Crippen LogP contribution >= 0.6 is 15.6 Å². The van der Waals surface area contributed by atoms with E-state index in [-0.39, 0.29) is 25.7 Å². The molecule has 0 saturated heterocycles. The van der Waals surface area contributed by atoms with Crippen LogP contribution in [-0.2, 0) is 65.4 Å². The lowest BCUT2D eigenvalue weighted by atomic mass is 10.0. The van der Waals surface area contributed by atoms with E-state index in [1.165, 1.54) is 257 Å². The van der Waals surface area contributed by atoms with Crippen LogP contribution in [0.25, 0.3) is 0 Å². The molecule has 3 N–H and O–H groups in total. The summed E-state index contributed by atoms with van der Waals surface area (Å²) in [4.78, 5) is 73.2. The zero-order valence-electron chi connectivity index (χ0n) is 69.2. The third-order valence-electron chi connectivity index (χ3n) is 20.1. The van der Waals surface area contributed by atoms with Crippen molar-refractivity contribution in [2.45, 2.75) is 471 Å². The van der Waals surface area contributed by atoms with E-state index in [9.17, 15) is 43.2 Å². The molecular weight excluding hydrogens is 1370 g/mol. The van der Waals surface area contributed by atoms with Crippen molar-refractivity contribution in [2.24, 2.45) is 17.8 Å². The Morgan fingerprint density at radius 3 is 0.648 bits per heavy atom. The lowest BCUT2D eigenvalue weighted by Crippen LogP contribution is -2.30. The average molecular weight is 1540 g/mol. The van der Waals surface area contributed by atoms with Crippen LogP contribution in [0.4, 0.5) is 0 Å². The molecule has 0 fully saturated rings. The van der Waals surface area contributed by atoms with E-state index in [0.29, 0.717) is 31.6 Å². The number of phosphoric ester groups is 2. The molecule has 19 heteroatoms. The van der Waals surface area contributed by atoms with Gasteiger partial charge in [0, 0.05) is 25.7 Å². The smallest absolute Gasteiger partial charge is 0.462 e. The number of rotatable bonds is 84. The van der Waals surface area contributed by atoms with Gasteiger partial charge in [-0.1, -0.05) is 402 Å². The number of hydrogen-bond acceptors (Lipinski definition) is 15. The van der Waals surface area contributed by atoms with Crippen LogP contribution in [0, 0.1) is 17.8 Å². The Morgan fingerprint density at radius 1 is 0.257 bits per heavy atom. The summed E-state index contributed by atoms with van der Waals surface area (Å²) in [5.41, 5.74) is 0. The van der Waals surface area contributed by atoms with Gasteiger partial charge in [0.15, 0.2) is 12.2 Å². The molecule has 0 aliphatic carbocycles. The highest BCUT2D eigenvalue weighted by atomic mass is 31.2. The highest BCUT2D eigenvalue weighted by Gasteiger charge is 2.30. The summed E-state index contributed by atoms with van der Waals surface area (Å²) in [5.74, 6) is 0.243. The number of ether oxygens (including phenoxy) is 4. The van der Waals surface area contributed by atoms with E-state index < -0.39 is 97.5 Å². The van der Waals surface area contributed by atoms with Crippen LogP contribution < -0.4 is 0 Å². The molecule has 0 rings (SSSR count). The fourth-order valence-corrected chi connectivity index (χ4v) is 14.9. The van der Waals surface area contributed by atoms with Gasteiger partial charge in [0.2, 0.25) is 0 Å². The fourth-order valence-electron chi connectivity index (χ4n) is 13.4. The molecule has 0 radical (unpaired) electrons. The molecule has 0 heterocycles. The number of hydrogen-bond donors (Lipinski definition) is 3. The van der Waals surface area contributed by atoms with Crippen molar-refractivity contribution in [1.82, 2.24) is 0 Å². The summed E-state index contributed by atoms with van der Waals surface area (Å²) in [5, 5.41) is 10.7. The Hall–Kier alpha value is -1.94. The van der Waals surface area contributed by atoms with Crippen LogP contribution in [0.5, 0.6) is 0 Å². The maximum atomic E-state index is 13.1. The molecule has 0 aromatic rings. The third kappa shape index (κ3) is 79.9. The number of phosphoric acid groups is 2. The van der Waals surface area contributed by atoms with Crippen LogP contribution in [0.3, 0.4) is 0 Å². The van der Waals surface area contributed by atoms with Crippen LogP contribution in [0.15, 0.2) is 0 Å². The van der Waals surface area contributed by atoms with Gasteiger partial charge in [0.05, 0.1) is 26.4 Å². The summed E-state index contributed by atoms with van der Waals surface area (Å²) in [6.45, 7) is 12.0. The number of carbonyl (C=O) groups excluding carboxylic acids is 4. The van der Waals surface area contributed by atoms with Crippen LogP contribution in [-0.4, -0.2) is 96.7 Å². The van der Waals surface area contributed by atoms with Crippen molar-refractivity contribution in [3.05, 3.63) is 0 Å². The van der Waals surface area contributed by atoms with Crippen molar-refractivity contribution in [3.8, 4) is 0 Å². The predicted octanol–water partition coefficient (Wildman–Crippen LogP) is 26.1. The van der Waals surface area contributed by atoms with Gasteiger partial charge in [-0.2, -0.15) is 0 Å². The molecule has 0 amide bonds. The van der Waals surface area contributed by atoms with Gasteiger partial charge < -0.3 is 33.8 Å². The Balaban J connectivity index is 5.21. The number of aliphatic hydroxyl groups is 1. The molecule has 0 spiro atoms. The minimum absolute atomic E-state index is 0.107. The van der Waals surface area contributed by atoms with E-state index in [1.807, 2.05) is 0 Å². The first-order chi connectivity index (χ1) is 50.7. The largest absolute Gasteiger partial charge is 0.472 e. The second-order valence-corrected chi connectivity index (χ2v) is 35.3. The van der Waals surface area contributed by atoms with Crippen molar-refractivity contribution < 1.29 is 80.2 Å². The highest BCUT2D eigenvalue weighted by molar-refractivity contribution is 7.47. The van der Waals surface area contributed by atoms with E-state index in [0.717, 1.165) is 108 Å². The van der Waals surface area contributed by atoms with Gasteiger partial charge in [-0.05, 0) is 43.4 Å². The summed E-state index contributed by atoms with van der Waals surface area (Å²) in [6, 6.07) is 0. The van der Waals surface area contributed by atoms with Crippen molar-refractivity contribution in [1.29, 1.82) is 0 Å². The summed E-state index contributed by atoms with van der Waals surface area (Å²) >= 11 is 0. The lowest BCUT2D eigenvalue weighted by molar-refractivity contribution is -0.161. The van der Waals surface area contributed by atoms with Crippen LogP contribution in [0.1, 0.15) is 453 Å². The normalized spacial score (nSPS) is 13.9. The summed E-state index contributed by atoms with van der Waals surface area (Å²) in [6.07, 6.45) is 66.8. The first-order valence-corrected chi connectivity index (χ1v) is 47.3. The van der Waals surface area contributed by atoms with Gasteiger partial charge in [0.1, 0.15) is 19.3 Å². The first kappa shape index (κ1) is 103. The zero-order valence-corrected chi connectivity index (χ0v) is 71.0. The van der Waals surface area contributed by atoms with Gasteiger partial charge in [0.25, 0.3) is 0 Å². The van der Waals surface area contributed by atoms with E-state index in [2.05, 4.69) is 48.5 Å². The monoisotopic (exact) mass is 1540 g/mol. The molecule has 2 unspecified atom stereocenters. The average Bonchev–Trinajstić information content (AvgIpc) is 0.911. The Morgan fingerprint density at radius 2 is 0.438 bits per heavy atom. The molecule has 0 aromatic heterocycles. The van der Waals surface area contributed by atoms with Crippen molar-refractivity contribution in [2.75, 3.05) is 39.6 Å². The van der Waals surface area contributed by atoms with Crippen molar-refractivity contribution in [3.63, 3.8) is 0 Å². The van der Waals surface area contributed by atoms with Gasteiger partial charge in [-0.25, -0.2) is 9.13 Å². The maximum absolute atomic E-state index is 13.1. The molecule has 105 heavy (non-hydrogen) atoms. The standard InChI is InChI=1S/C86H168O17P2/c1-8-9-10-11-12-13-14-27-35-40-47-55-62-69-85(90)103-82(74-97-84(89)68-61-54-49-42-45-52-59-66-79(6)7)76-101-105(94,95)99-72-80(87)71-98-104(92,93)100-75-81(102-86(91)70-63-56-48-41-36-31-26-22-18-16-20-24-29-33-38-44-51-58-65-78(4)5)73-96-83(88)67-60-53-46-39-34-30-25-21-17-15-19-23-28-32-37-43-50-57-64-77(2)3/h77-82,87H,8-76H2,1-7H3,(H,92,93)(H,94,95)/t80-,81-,82-/m1/s1. The number of carbonyl (C=O) groups is 4.